The molecule has 23 heavy (non-hydrogen) atoms. The van der Waals surface area contributed by atoms with Crippen LogP contribution in [-0.2, 0) is 9.84 Å². The SMILES string of the molecule is Cc1cc(C(=O)N[C@@H]2CN(CCS(C)(=O)=O)C[C@H]2C2CC2)on1. The lowest BCUT2D eigenvalue weighted by atomic mass is 9.98. The number of nitrogens with one attached hydrogen (secondary N) is 1. The van der Waals surface area contributed by atoms with Crippen LogP contribution in [0.3, 0.4) is 0 Å². The van der Waals surface area contributed by atoms with Crippen molar-refractivity contribution in [2.45, 2.75) is 25.8 Å². The van der Waals surface area contributed by atoms with E-state index in [1.54, 1.807) is 13.0 Å². The van der Waals surface area contributed by atoms with Gasteiger partial charge in [-0.25, -0.2) is 8.42 Å². The van der Waals surface area contributed by atoms with Gasteiger partial charge in [0.2, 0.25) is 5.76 Å². The fraction of sp³-hybridized carbons (Fsp3) is 0.733. The van der Waals surface area contributed by atoms with E-state index in [-0.39, 0.29) is 23.5 Å². The molecule has 0 aromatic carbocycles. The van der Waals surface area contributed by atoms with Crippen LogP contribution in [0.5, 0.6) is 0 Å². The van der Waals surface area contributed by atoms with E-state index in [9.17, 15) is 13.2 Å². The Hall–Kier alpha value is -1.41. The number of aryl methyl sites for hydroxylation is 1. The van der Waals surface area contributed by atoms with Gasteiger partial charge in [0.15, 0.2) is 0 Å². The quantitative estimate of drug-likeness (QED) is 0.808. The summed E-state index contributed by atoms with van der Waals surface area (Å²) in [5.41, 5.74) is 0.676. The summed E-state index contributed by atoms with van der Waals surface area (Å²) in [5.74, 6) is 1.17. The topological polar surface area (TPSA) is 92.5 Å². The number of hydrogen-bond acceptors (Lipinski definition) is 6. The summed E-state index contributed by atoms with van der Waals surface area (Å²) in [5, 5.41) is 6.78. The number of aromatic nitrogens is 1. The molecule has 1 aliphatic heterocycles. The predicted octanol–water partition coefficient (Wildman–Crippen LogP) is 0.468. The van der Waals surface area contributed by atoms with Crippen LogP contribution in [0, 0.1) is 18.8 Å². The van der Waals surface area contributed by atoms with E-state index in [1.807, 2.05) is 0 Å². The minimum Gasteiger partial charge on any atom is -0.351 e. The molecule has 1 amide bonds. The average Bonchev–Trinajstić information content (AvgIpc) is 3.08. The number of amides is 1. The van der Waals surface area contributed by atoms with Crippen molar-refractivity contribution >= 4 is 15.7 Å². The molecular weight excluding hydrogens is 318 g/mol. The Kier molecular flexibility index (Phi) is 4.46. The van der Waals surface area contributed by atoms with Gasteiger partial charge in [0.05, 0.1) is 11.4 Å². The van der Waals surface area contributed by atoms with Gasteiger partial charge >= 0.3 is 0 Å². The molecule has 2 aliphatic rings. The van der Waals surface area contributed by atoms with E-state index in [4.69, 9.17) is 4.52 Å². The minimum atomic E-state index is -2.97. The normalized spacial score (nSPS) is 25.7. The molecule has 1 aromatic rings. The molecule has 1 N–H and O–H groups in total. The lowest BCUT2D eigenvalue weighted by Gasteiger charge is -2.18. The molecule has 2 atom stereocenters. The van der Waals surface area contributed by atoms with Gasteiger partial charge in [-0.2, -0.15) is 0 Å². The van der Waals surface area contributed by atoms with Gasteiger partial charge in [-0.05, 0) is 31.6 Å². The summed E-state index contributed by atoms with van der Waals surface area (Å²) in [6.07, 6.45) is 3.64. The third kappa shape index (κ3) is 4.32. The summed E-state index contributed by atoms with van der Waals surface area (Å²) < 4.78 is 27.7. The van der Waals surface area contributed by atoms with Gasteiger partial charge < -0.3 is 9.84 Å². The van der Waals surface area contributed by atoms with Gasteiger partial charge in [-0.3, -0.25) is 9.69 Å². The Morgan fingerprint density at radius 1 is 1.43 bits per heavy atom. The molecule has 0 unspecified atom stereocenters. The first-order valence-corrected chi connectivity index (χ1v) is 10.0. The van der Waals surface area contributed by atoms with Crippen molar-refractivity contribution in [2.75, 3.05) is 31.6 Å². The monoisotopic (exact) mass is 341 g/mol. The van der Waals surface area contributed by atoms with Gasteiger partial charge in [-0.15, -0.1) is 0 Å². The van der Waals surface area contributed by atoms with Gasteiger partial charge in [0.1, 0.15) is 9.84 Å². The predicted molar refractivity (Wildman–Crippen MR) is 84.9 cm³/mol. The molecule has 0 radical (unpaired) electrons. The number of hydrogen-bond donors (Lipinski definition) is 1. The lowest BCUT2D eigenvalue weighted by molar-refractivity contribution is 0.0890. The number of carbonyl (C=O) groups is 1. The molecular formula is C15H23N3O4S. The first-order chi connectivity index (χ1) is 10.8. The van der Waals surface area contributed by atoms with E-state index < -0.39 is 9.84 Å². The molecule has 8 heteroatoms. The largest absolute Gasteiger partial charge is 0.351 e. The highest BCUT2D eigenvalue weighted by Crippen LogP contribution is 2.41. The van der Waals surface area contributed by atoms with Crippen LogP contribution in [0.1, 0.15) is 29.1 Å². The van der Waals surface area contributed by atoms with E-state index in [1.165, 1.54) is 19.1 Å². The van der Waals surface area contributed by atoms with Crippen molar-refractivity contribution in [3.63, 3.8) is 0 Å². The maximum absolute atomic E-state index is 12.3. The molecule has 1 aliphatic carbocycles. The summed E-state index contributed by atoms with van der Waals surface area (Å²) in [6.45, 7) is 3.84. The van der Waals surface area contributed by atoms with E-state index >= 15 is 0 Å². The van der Waals surface area contributed by atoms with E-state index in [0.717, 1.165) is 6.54 Å². The molecule has 128 valence electrons. The second-order valence-electron chi connectivity index (χ2n) is 6.80. The van der Waals surface area contributed by atoms with Crippen LogP contribution in [0.2, 0.25) is 0 Å². The smallest absolute Gasteiger partial charge is 0.290 e. The molecule has 2 heterocycles. The molecule has 1 saturated heterocycles. The maximum atomic E-state index is 12.3. The Balaban J connectivity index is 1.61. The van der Waals surface area contributed by atoms with Crippen molar-refractivity contribution in [1.82, 2.24) is 15.4 Å². The highest BCUT2D eigenvalue weighted by atomic mass is 32.2. The molecule has 3 rings (SSSR count). The third-order valence-electron chi connectivity index (χ3n) is 4.61. The Labute approximate surface area is 136 Å². The zero-order chi connectivity index (χ0) is 16.6. The van der Waals surface area contributed by atoms with Crippen LogP contribution in [-0.4, -0.2) is 62.1 Å². The number of carbonyl (C=O) groups excluding carboxylic acids is 1. The van der Waals surface area contributed by atoms with Crippen LogP contribution in [0.15, 0.2) is 10.6 Å². The van der Waals surface area contributed by atoms with Crippen LogP contribution in [0.25, 0.3) is 0 Å². The second kappa shape index (κ2) is 6.24. The van der Waals surface area contributed by atoms with Crippen molar-refractivity contribution in [2.24, 2.45) is 11.8 Å². The summed E-state index contributed by atoms with van der Waals surface area (Å²) in [4.78, 5) is 14.4. The van der Waals surface area contributed by atoms with E-state index in [0.29, 0.717) is 30.6 Å². The lowest BCUT2D eigenvalue weighted by Crippen LogP contribution is -2.41. The minimum absolute atomic E-state index is 0.0416. The maximum Gasteiger partial charge on any atom is 0.290 e. The van der Waals surface area contributed by atoms with Crippen LogP contribution >= 0.6 is 0 Å². The third-order valence-corrected chi connectivity index (χ3v) is 5.54. The molecule has 7 nitrogen and oxygen atoms in total. The fourth-order valence-electron chi connectivity index (χ4n) is 3.26. The number of rotatable bonds is 6. The second-order valence-corrected chi connectivity index (χ2v) is 9.06. The molecule has 0 bridgehead atoms. The Morgan fingerprint density at radius 3 is 2.74 bits per heavy atom. The zero-order valence-corrected chi connectivity index (χ0v) is 14.3. The molecule has 2 fully saturated rings. The molecule has 0 spiro atoms. The van der Waals surface area contributed by atoms with Gasteiger partial charge in [0.25, 0.3) is 5.91 Å². The van der Waals surface area contributed by atoms with Crippen molar-refractivity contribution in [3.8, 4) is 0 Å². The van der Waals surface area contributed by atoms with Crippen molar-refractivity contribution in [3.05, 3.63) is 17.5 Å². The number of sulfone groups is 1. The first kappa shape index (κ1) is 16.4. The fourth-order valence-corrected chi connectivity index (χ4v) is 3.85. The standard InChI is InChI=1S/C15H23N3O4S/c1-10-7-14(22-17-10)15(19)16-13-9-18(5-6-23(2,20)21)8-12(13)11-3-4-11/h7,11-13H,3-6,8-9H2,1-2H3,(H,16,19)/t12-,13+/m0/s1. The van der Waals surface area contributed by atoms with Gasteiger partial charge in [0, 0.05) is 38.0 Å². The van der Waals surface area contributed by atoms with Crippen LogP contribution < -0.4 is 5.32 Å². The first-order valence-electron chi connectivity index (χ1n) is 7.96. The zero-order valence-electron chi connectivity index (χ0n) is 13.5. The Morgan fingerprint density at radius 2 is 2.17 bits per heavy atom. The summed E-state index contributed by atoms with van der Waals surface area (Å²) >= 11 is 0. The molecule has 1 aromatic heterocycles. The summed E-state index contributed by atoms with van der Waals surface area (Å²) in [7, 11) is -2.97. The van der Waals surface area contributed by atoms with E-state index in [2.05, 4.69) is 15.4 Å². The average molecular weight is 341 g/mol. The van der Waals surface area contributed by atoms with Crippen molar-refractivity contribution in [1.29, 1.82) is 0 Å². The molecule has 1 saturated carbocycles. The summed E-state index contributed by atoms with van der Waals surface area (Å²) in [6, 6.07) is 1.66. The Bertz CT molecular complexity index is 681. The van der Waals surface area contributed by atoms with Crippen molar-refractivity contribution < 1.29 is 17.7 Å². The highest BCUT2D eigenvalue weighted by molar-refractivity contribution is 7.90. The van der Waals surface area contributed by atoms with Gasteiger partial charge in [-0.1, -0.05) is 5.16 Å². The highest BCUT2D eigenvalue weighted by Gasteiger charge is 2.43. The van der Waals surface area contributed by atoms with Crippen LogP contribution in [0.4, 0.5) is 0 Å². The number of likely N-dealkylation sites (tertiary alicyclic amines) is 1. The number of nitrogens with zero attached hydrogens (tertiary/aromatic N) is 2.